The minimum Gasteiger partial charge on any atom is -0.318 e. The van der Waals surface area contributed by atoms with E-state index < -0.39 is 10.0 Å². The monoisotopic (exact) mass is 333 g/mol. The first kappa shape index (κ1) is 14.8. The Bertz CT molecular complexity index is 1000. The predicted molar refractivity (Wildman–Crippen MR) is 87.9 cm³/mol. The van der Waals surface area contributed by atoms with Gasteiger partial charge in [-0.05, 0) is 36.8 Å². The Morgan fingerprint density at radius 3 is 2.64 bits per heavy atom. The maximum absolute atomic E-state index is 12.3. The molecule has 0 fully saturated rings. The molecule has 2 aromatic carbocycles. The van der Waals surface area contributed by atoms with E-state index in [1.165, 1.54) is 11.3 Å². The van der Waals surface area contributed by atoms with Crippen LogP contribution < -0.4 is 9.63 Å². The summed E-state index contributed by atoms with van der Waals surface area (Å²) in [6.45, 7) is 1.85. The maximum Gasteiger partial charge on any atom is 0.276 e. The number of sulfonamides is 1. The summed E-state index contributed by atoms with van der Waals surface area (Å²) in [4.78, 5) is 3.11. The van der Waals surface area contributed by atoms with Crippen molar-refractivity contribution < 1.29 is 8.42 Å². The van der Waals surface area contributed by atoms with Crippen molar-refractivity contribution in [2.75, 3.05) is 0 Å². The summed E-state index contributed by atoms with van der Waals surface area (Å²) in [5.41, 5.74) is 1.90. The molecular weight excluding hydrogens is 318 g/mol. The second kappa shape index (κ2) is 5.58. The van der Waals surface area contributed by atoms with E-state index in [9.17, 15) is 8.42 Å². The molecule has 0 saturated heterocycles. The fourth-order valence-electron chi connectivity index (χ4n) is 2.12. The molecule has 3 rings (SSSR count). The quantitative estimate of drug-likeness (QED) is 0.748. The van der Waals surface area contributed by atoms with Gasteiger partial charge in [-0.2, -0.15) is 13.2 Å². The van der Waals surface area contributed by atoms with E-state index in [0.29, 0.717) is 4.80 Å². The van der Waals surface area contributed by atoms with Crippen molar-refractivity contribution in [3.05, 3.63) is 58.9 Å². The highest BCUT2D eigenvalue weighted by Crippen LogP contribution is 2.15. The number of hydrogen-bond donors (Lipinski definition) is 1. The minimum atomic E-state index is -3.66. The Balaban J connectivity index is 2.00. The van der Waals surface area contributed by atoms with Crippen LogP contribution in [0.4, 0.5) is 0 Å². The average Bonchev–Trinajstić information content (AvgIpc) is 2.82. The van der Waals surface area contributed by atoms with Crippen LogP contribution in [-0.4, -0.2) is 13.0 Å². The molecule has 0 aliphatic rings. The molecule has 114 valence electrons. The van der Waals surface area contributed by atoms with Gasteiger partial charge in [-0.25, -0.2) is 0 Å². The van der Waals surface area contributed by atoms with Crippen LogP contribution in [0.25, 0.3) is 10.2 Å². The molecule has 0 saturated carbocycles. The highest BCUT2D eigenvalue weighted by atomic mass is 32.2. The van der Waals surface area contributed by atoms with Crippen molar-refractivity contribution in [3.8, 4) is 0 Å². The SMILES string of the molecule is Cc1cccc(S(=O)(=O)N/N=c2/sc3ccccc3n2C)c1. The van der Waals surface area contributed by atoms with Crippen LogP contribution in [-0.2, 0) is 17.1 Å². The Kier molecular flexibility index (Phi) is 3.76. The summed E-state index contributed by atoms with van der Waals surface area (Å²) in [7, 11) is -1.80. The summed E-state index contributed by atoms with van der Waals surface area (Å²) >= 11 is 1.43. The molecule has 1 aromatic heterocycles. The van der Waals surface area contributed by atoms with Crippen molar-refractivity contribution in [1.29, 1.82) is 0 Å². The van der Waals surface area contributed by atoms with Crippen molar-refractivity contribution in [2.45, 2.75) is 11.8 Å². The van der Waals surface area contributed by atoms with Gasteiger partial charge in [-0.1, -0.05) is 35.6 Å². The van der Waals surface area contributed by atoms with Crippen LogP contribution in [0.15, 0.2) is 58.5 Å². The third kappa shape index (κ3) is 2.77. The zero-order chi connectivity index (χ0) is 15.7. The summed E-state index contributed by atoms with van der Waals surface area (Å²) < 4.78 is 27.5. The fraction of sp³-hybridized carbons (Fsp3) is 0.133. The van der Waals surface area contributed by atoms with Gasteiger partial charge in [0.25, 0.3) is 10.0 Å². The summed E-state index contributed by atoms with van der Waals surface area (Å²) in [5, 5.41) is 4.06. The molecule has 7 heteroatoms. The molecule has 3 aromatic rings. The zero-order valence-electron chi connectivity index (χ0n) is 12.1. The van der Waals surface area contributed by atoms with E-state index in [-0.39, 0.29) is 4.90 Å². The third-order valence-corrected chi connectivity index (χ3v) is 5.60. The Labute approximate surface area is 132 Å². The van der Waals surface area contributed by atoms with Crippen molar-refractivity contribution in [3.63, 3.8) is 0 Å². The number of benzene rings is 2. The van der Waals surface area contributed by atoms with Crippen LogP contribution in [0.5, 0.6) is 0 Å². The number of nitrogens with zero attached hydrogens (tertiary/aromatic N) is 2. The summed E-state index contributed by atoms with van der Waals surface area (Å²) in [6.07, 6.45) is 0. The van der Waals surface area contributed by atoms with E-state index in [2.05, 4.69) is 9.93 Å². The number of aryl methyl sites for hydroxylation is 2. The molecule has 0 unspecified atom stereocenters. The first-order valence-electron chi connectivity index (χ1n) is 6.64. The standard InChI is InChI=1S/C15H15N3O2S2/c1-11-6-5-7-12(10-11)22(19,20)17-16-15-18(2)13-8-3-4-9-14(13)21-15/h3-10,17H,1-2H3/b16-15+. The van der Waals surface area contributed by atoms with Crippen molar-refractivity contribution >= 4 is 31.6 Å². The lowest BCUT2D eigenvalue weighted by atomic mass is 10.2. The number of para-hydroxylation sites is 1. The second-order valence-electron chi connectivity index (χ2n) is 4.93. The van der Waals surface area contributed by atoms with Gasteiger partial charge >= 0.3 is 0 Å². The maximum atomic E-state index is 12.3. The lowest BCUT2D eigenvalue weighted by Gasteiger charge is -2.03. The van der Waals surface area contributed by atoms with Crippen LogP contribution in [0.3, 0.4) is 0 Å². The van der Waals surface area contributed by atoms with E-state index in [0.717, 1.165) is 15.8 Å². The summed E-state index contributed by atoms with van der Waals surface area (Å²) in [6, 6.07) is 14.6. The largest absolute Gasteiger partial charge is 0.318 e. The van der Waals surface area contributed by atoms with Gasteiger partial charge in [0.05, 0.1) is 15.1 Å². The van der Waals surface area contributed by atoms with Gasteiger partial charge in [0, 0.05) is 7.05 Å². The molecule has 1 heterocycles. The number of thiazole rings is 1. The average molecular weight is 333 g/mol. The van der Waals surface area contributed by atoms with Gasteiger partial charge in [0.1, 0.15) is 0 Å². The second-order valence-corrected chi connectivity index (χ2v) is 7.60. The molecule has 22 heavy (non-hydrogen) atoms. The molecule has 0 amide bonds. The molecule has 0 atom stereocenters. The zero-order valence-corrected chi connectivity index (χ0v) is 13.8. The van der Waals surface area contributed by atoms with Crippen LogP contribution in [0, 0.1) is 6.92 Å². The number of nitrogens with one attached hydrogen (secondary N) is 1. The smallest absolute Gasteiger partial charge is 0.276 e. The van der Waals surface area contributed by atoms with E-state index >= 15 is 0 Å². The first-order chi connectivity index (χ1) is 10.5. The van der Waals surface area contributed by atoms with E-state index in [1.807, 2.05) is 48.9 Å². The molecule has 1 N–H and O–H groups in total. The van der Waals surface area contributed by atoms with E-state index in [1.54, 1.807) is 18.2 Å². The first-order valence-corrected chi connectivity index (χ1v) is 8.94. The molecule has 0 bridgehead atoms. The Hall–Kier alpha value is -2.12. The molecule has 0 aliphatic carbocycles. The normalized spacial score (nSPS) is 12.7. The van der Waals surface area contributed by atoms with Gasteiger partial charge < -0.3 is 4.57 Å². The topological polar surface area (TPSA) is 63.5 Å². The Morgan fingerprint density at radius 2 is 1.91 bits per heavy atom. The van der Waals surface area contributed by atoms with Crippen LogP contribution >= 0.6 is 11.3 Å². The third-order valence-electron chi connectivity index (χ3n) is 3.28. The summed E-state index contributed by atoms with van der Waals surface area (Å²) in [5.74, 6) is 0. The van der Waals surface area contributed by atoms with Gasteiger partial charge in [-0.15, -0.1) is 5.10 Å². The highest BCUT2D eigenvalue weighted by Gasteiger charge is 2.13. The molecule has 0 aliphatic heterocycles. The number of hydrogen-bond acceptors (Lipinski definition) is 4. The predicted octanol–water partition coefficient (Wildman–Crippen LogP) is 2.34. The van der Waals surface area contributed by atoms with Gasteiger partial charge in [0.2, 0.25) is 4.80 Å². The Morgan fingerprint density at radius 1 is 1.14 bits per heavy atom. The van der Waals surface area contributed by atoms with Crippen molar-refractivity contribution in [1.82, 2.24) is 9.40 Å². The molecule has 0 spiro atoms. The molecule has 0 radical (unpaired) electrons. The van der Waals surface area contributed by atoms with Gasteiger partial charge in [-0.3, -0.25) is 0 Å². The number of aromatic nitrogens is 1. The molecule has 5 nitrogen and oxygen atoms in total. The van der Waals surface area contributed by atoms with Crippen molar-refractivity contribution in [2.24, 2.45) is 12.1 Å². The lowest BCUT2D eigenvalue weighted by molar-refractivity contribution is 0.582. The van der Waals surface area contributed by atoms with Crippen LogP contribution in [0.1, 0.15) is 5.56 Å². The van der Waals surface area contributed by atoms with Gasteiger partial charge in [0.15, 0.2) is 0 Å². The fourth-order valence-corrected chi connectivity index (χ4v) is 4.07. The minimum absolute atomic E-state index is 0.208. The molecular formula is C15H15N3O2S2. The van der Waals surface area contributed by atoms with E-state index in [4.69, 9.17) is 0 Å². The number of fused-ring (bicyclic) bond motifs is 1. The highest BCUT2D eigenvalue weighted by molar-refractivity contribution is 7.89. The van der Waals surface area contributed by atoms with Crippen LogP contribution in [0.2, 0.25) is 0 Å². The lowest BCUT2D eigenvalue weighted by Crippen LogP contribution is -2.23. The number of rotatable bonds is 3.